The SMILES string of the molecule is CCC1OC(=O)C[C@@H](O)[C@H](C)[C@@H](OC2OC(C)CC(N(C)C)C2O)[C@@H](CC=O)C[C@@H](C)C(=O)/C=C/[C@@]2(C)OC2[C@H]1C. The van der Waals surface area contributed by atoms with Gasteiger partial charge >= 0.3 is 5.97 Å². The molecule has 0 aromatic carbocycles. The molecule has 41 heavy (non-hydrogen) atoms. The Morgan fingerprint density at radius 2 is 1.80 bits per heavy atom. The summed E-state index contributed by atoms with van der Waals surface area (Å²) >= 11 is 0. The van der Waals surface area contributed by atoms with E-state index in [2.05, 4.69) is 0 Å². The number of epoxide rings is 1. The zero-order valence-electron chi connectivity index (χ0n) is 25.9. The second-order valence-corrected chi connectivity index (χ2v) is 12.9. The number of ether oxygens (including phenoxy) is 4. The number of hydrogen-bond donors (Lipinski definition) is 2. The molecule has 2 fully saturated rings. The van der Waals surface area contributed by atoms with Gasteiger partial charge in [0.2, 0.25) is 0 Å². The highest BCUT2D eigenvalue weighted by molar-refractivity contribution is 5.91. The van der Waals surface area contributed by atoms with Crippen LogP contribution in [0.15, 0.2) is 12.2 Å². The van der Waals surface area contributed by atoms with Gasteiger partial charge in [0.15, 0.2) is 12.1 Å². The number of carbonyl (C=O) groups is 3. The molecule has 0 spiro atoms. The van der Waals surface area contributed by atoms with E-state index in [9.17, 15) is 24.6 Å². The molecule has 10 nitrogen and oxygen atoms in total. The van der Waals surface area contributed by atoms with Crippen LogP contribution in [0, 0.1) is 23.7 Å². The van der Waals surface area contributed by atoms with Crippen LogP contribution in [0.1, 0.15) is 73.6 Å². The molecular formula is C31H51NO9. The lowest BCUT2D eigenvalue weighted by atomic mass is 9.79. The van der Waals surface area contributed by atoms with Crippen molar-refractivity contribution in [3.05, 3.63) is 12.2 Å². The number of nitrogens with zero attached hydrogens (tertiary/aromatic N) is 1. The summed E-state index contributed by atoms with van der Waals surface area (Å²) in [4.78, 5) is 40.0. The van der Waals surface area contributed by atoms with E-state index in [1.807, 2.05) is 53.6 Å². The molecule has 3 aliphatic rings. The van der Waals surface area contributed by atoms with Gasteiger partial charge in [-0.1, -0.05) is 27.7 Å². The third-order valence-corrected chi connectivity index (χ3v) is 9.29. The Kier molecular flexibility index (Phi) is 11.7. The van der Waals surface area contributed by atoms with Crippen LogP contribution in [0.25, 0.3) is 0 Å². The monoisotopic (exact) mass is 581 g/mol. The molecule has 0 saturated carbocycles. The summed E-state index contributed by atoms with van der Waals surface area (Å²) in [5, 5.41) is 22.4. The van der Waals surface area contributed by atoms with Gasteiger partial charge in [-0.05, 0) is 65.3 Å². The topological polar surface area (TPSA) is 135 Å². The lowest BCUT2D eigenvalue weighted by molar-refractivity contribution is -0.283. The molecule has 3 rings (SSSR count). The van der Waals surface area contributed by atoms with E-state index in [4.69, 9.17) is 18.9 Å². The van der Waals surface area contributed by atoms with Crippen molar-refractivity contribution in [3.8, 4) is 0 Å². The minimum absolute atomic E-state index is 0.0707. The van der Waals surface area contributed by atoms with Crippen LogP contribution in [-0.2, 0) is 33.3 Å². The smallest absolute Gasteiger partial charge is 0.308 e. The Bertz CT molecular complexity index is 941. The van der Waals surface area contributed by atoms with E-state index >= 15 is 0 Å². The maximum absolute atomic E-state index is 13.2. The standard InChI is InChI=1S/C31H51NO9/c1-9-25-20(5)29-31(6,41-29)12-10-23(34)17(2)14-21(11-13-33)28(19(4)24(35)16-26(36)39-25)40-30-27(37)22(32(7)8)15-18(3)38-30/h10,12-13,17-22,24-25,27-30,35,37H,9,11,14-16H2,1-8H3/b12-10+/t17-,18?,19+,20+,21+,22?,24-,25?,27?,28-,29?,30?,31-/m1/s1. The molecule has 3 aliphatic heterocycles. The number of carbonyl (C=O) groups excluding carboxylic acids is 3. The average molecular weight is 582 g/mol. The first kappa shape index (κ1) is 33.8. The third kappa shape index (κ3) is 8.24. The summed E-state index contributed by atoms with van der Waals surface area (Å²) in [7, 11) is 3.76. The Labute approximate surface area is 244 Å². The fourth-order valence-corrected chi connectivity index (χ4v) is 6.50. The Morgan fingerprint density at radius 1 is 1.12 bits per heavy atom. The van der Waals surface area contributed by atoms with Crippen molar-refractivity contribution in [3.63, 3.8) is 0 Å². The number of likely N-dealkylation sites (N-methyl/N-ethyl adjacent to an activating group) is 1. The largest absolute Gasteiger partial charge is 0.462 e. The molecule has 13 atom stereocenters. The predicted molar refractivity (Wildman–Crippen MR) is 152 cm³/mol. The van der Waals surface area contributed by atoms with Crippen LogP contribution in [-0.4, -0.2) is 102 Å². The van der Waals surface area contributed by atoms with Gasteiger partial charge in [-0.25, -0.2) is 0 Å². The van der Waals surface area contributed by atoms with Crippen LogP contribution in [0.4, 0.5) is 0 Å². The van der Waals surface area contributed by atoms with Crippen molar-refractivity contribution in [2.75, 3.05) is 14.1 Å². The van der Waals surface area contributed by atoms with Crippen molar-refractivity contribution in [2.24, 2.45) is 23.7 Å². The first-order chi connectivity index (χ1) is 19.2. The molecule has 3 heterocycles. The minimum atomic E-state index is -1.15. The number of cyclic esters (lactones) is 1. The number of fused-ring (bicyclic) bond motifs is 1. The summed E-state index contributed by atoms with van der Waals surface area (Å²) in [6.07, 6.45) is 0.627. The fourth-order valence-electron chi connectivity index (χ4n) is 6.50. The number of aliphatic hydroxyl groups is 2. The fraction of sp³-hybridized carbons (Fsp3) is 0.839. The summed E-state index contributed by atoms with van der Waals surface area (Å²) in [6.45, 7) is 11.3. The molecule has 10 heteroatoms. The van der Waals surface area contributed by atoms with Gasteiger partial charge in [0.25, 0.3) is 0 Å². The number of esters is 1. The molecule has 0 amide bonds. The molecular weight excluding hydrogens is 530 g/mol. The number of allylic oxidation sites excluding steroid dienone is 1. The van der Waals surface area contributed by atoms with Crippen LogP contribution in [0.5, 0.6) is 0 Å². The summed E-state index contributed by atoms with van der Waals surface area (Å²) < 4.78 is 24.2. The van der Waals surface area contributed by atoms with E-state index < -0.39 is 60.0 Å². The maximum Gasteiger partial charge on any atom is 0.308 e. The van der Waals surface area contributed by atoms with E-state index in [0.29, 0.717) is 19.3 Å². The van der Waals surface area contributed by atoms with Crippen LogP contribution >= 0.6 is 0 Å². The highest BCUT2D eigenvalue weighted by Crippen LogP contribution is 2.45. The van der Waals surface area contributed by atoms with E-state index in [1.54, 1.807) is 19.1 Å². The number of rotatable bonds is 6. The molecule has 2 N–H and O–H groups in total. The van der Waals surface area contributed by atoms with Crippen molar-refractivity contribution in [2.45, 2.75) is 128 Å². The zero-order chi connectivity index (χ0) is 30.6. The number of hydrogen-bond acceptors (Lipinski definition) is 10. The van der Waals surface area contributed by atoms with Crippen molar-refractivity contribution < 1.29 is 43.5 Å². The van der Waals surface area contributed by atoms with E-state index in [-0.39, 0.29) is 42.8 Å². The van der Waals surface area contributed by atoms with Gasteiger partial charge in [0.1, 0.15) is 24.1 Å². The lowest BCUT2D eigenvalue weighted by Gasteiger charge is -2.44. The van der Waals surface area contributed by atoms with Gasteiger partial charge in [0.05, 0.1) is 30.8 Å². The molecule has 0 radical (unpaired) electrons. The first-order valence-electron chi connectivity index (χ1n) is 15.1. The molecule has 0 aromatic heterocycles. The molecule has 234 valence electrons. The number of ketones is 1. The van der Waals surface area contributed by atoms with Crippen LogP contribution < -0.4 is 0 Å². The van der Waals surface area contributed by atoms with Crippen LogP contribution in [0.2, 0.25) is 0 Å². The highest BCUT2D eigenvalue weighted by Gasteiger charge is 2.55. The summed E-state index contributed by atoms with van der Waals surface area (Å²) in [5.74, 6) is -2.32. The molecule has 0 bridgehead atoms. The van der Waals surface area contributed by atoms with Gasteiger partial charge in [-0.3, -0.25) is 9.59 Å². The van der Waals surface area contributed by atoms with Gasteiger partial charge < -0.3 is 38.9 Å². The number of aldehydes is 1. The predicted octanol–water partition coefficient (Wildman–Crippen LogP) is 2.67. The summed E-state index contributed by atoms with van der Waals surface area (Å²) in [6, 6.07) is -0.219. The van der Waals surface area contributed by atoms with Gasteiger partial charge in [-0.2, -0.15) is 0 Å². The highest BCUT2D eigenvalue weighted by atomic mass is 16.7. The number of aliphatic hydroxyl groups excluding tert-OH is 2. The Morgan fingerprint density at radius 3 is 2.41 bits per heavy atom. The normalized spacial score (nSPS) is 45.5. The van der Waals surface area contributed by atoms with Crippen LogP contribution in [0.3, 0.4) is 0 Å². The molecule has 0 aliphatic carbocycles. The third-order valence-electron chi connectivity index (χ3n) is 9.29. The quantitative estimate of drug-likeness (QED) is 0.274. The minimum Gasteiger partial charge on any atom is -0.462 e. The maximum atomic E-state index is 13.2. The second kappa shape index (κ2) is 14.2. The van der Waals surface area contributed by atoms with Gasteiger partial charge in [0, 0.05) is 30.2 Å². The van der Waals surface area contributed by atoms with E-state index in [1.165, 1.54) is 0 Å². The molecule has 6 unspecified atom stereocenters. The Balaban J connectivity index is 1.95. The van der Waals surface area contributed by atoms with E-state index in [0.717, 1.165) is 6.29 Å². The second-order valence-electron chi connectivity index (χ2n) is 12.9. The van der Waals surface area contributed by atoms with Crippen molar-refractivity contribution >= 4 is 18.0 Å². The molecule has 2 saturated heterocycles. The van der Waals surface area contributed by atoms with Crippen molar-refractivity contribution in [1.29, 1.82) is 0 Å². The Hall–Kier alpha value is -1.69. The lowest BCUT2D eigenvalue weighted by Crippen LogP contribution is -2.56. The van der Waals surface area contributed by atoms with Gasteiger partial charge in [-0.15, -0.1) is 0 Å². The first-order valence-corrected chi connectivity index (χ1v) is 15.1. The average Bonchev–Trinajstić information content (AvgIpc) is 3.60. The van der Waals surface area contributed by atoms with Crippen molar-refractivity contribution in [1.82, 2.24) is 4.90 Å². The summed E-state index contributed by atoms with van der Waals surface area (Å²) in [5.41, 5.74) is -0.637. The zero-order valence-corrected chi connectivity index (χ0v) is 25.9. The molecule has 0 aromatic rings.